The third-order valence-corrected chi connectivity index (χ3v) is 2.17. The predicted molar refractivity (Wildman–Crippen MR) is 60.3 cm³/mol. The summed E-state index contributed by atoms with van der Waals surface area (Å²) in [6.45, 7) is 9.59. The Hall–Kier alpha value is -0.660. The molecule has 0 amide bonds. The van der Waals surface area contributed by atoms with Crippen molar-refractivity contribution < 1.29 is 9.59 Å². The highest BCUT2D eigenvalue weighted by Crippen LogP contribution is 2.07. The average Bonchev–Trinajstić information content (AvgIpc) is 2.18. The molecule has 2 heteroatoms. The Morgan fingerprint density at radius 1 is 1.07 bits per heavy atom. The van der Waals surface area contributed by atoms with Crippen LogP contribution in [0.1, 0.15) is 60.3 Å². The molecule has 84 valence electrons. The number of hydrogen-bond acceptors (Lipinski definition) is 2. The molecule has 0 saturated carbocycles. The molecule has 0 aromatic rings. The largest absolute Gasteiger partial charge is 0.300 e. The maximum absolute atomic E-state index is 10.8. The van der Waals surface area contributed by atoms with Crippen molar-refractivity contribution in [2.75, 3.05) is 0 Å². The minimum absolute atomic E-state index is 0.255. The van der Waals surface area contributed by atoms with Crippen molar-refractivity contribution in [3.8, 4) is 0 Å². The molecule has 2 nitrogen and oxygen atoms in total. The van der Waals surface area contributed by atoms with Gasteiger partial charge in [-0.2, -0.15) is 0 Å². The van der Waals surface area contributed by atoms with E-state index in [1.54, 1.807) is 6.92 Å². The molecule has 0 radical (unpaired) electrons. The lowest BCUT2D eigenvalue weighted by molar-refractivity contribution is -0.119. The van der Waals surface area contributed by atoms with E-state index in [2.05, 4.69) is 13.8 Å². The third-order valence-electron chi connectivity index (χ3n) is 2.17. The second-order valence-electron chi connectivity index (χ2n) is 3.67. The van der Waals surface area contributed by atoms with Crippen LogP contribution in [0.25, 0.3) is 0 Å². The van der Waals surface area contributed by atoms with Gasteiger partial charge in [-0.3, -0.25) is 4.79 Å². The van der Waals surface area contributed by atoms with Crippen molar-refractivity contribution >= 4 is 11.6 Å². The van der Waals surface area contributed by atoms with E-state index in [1.807, 2.05) is 13.8 Å². The van der Waals surface area contributed by atoms with Gasteiger partial charge in [0.1, 0.15) is 11.6 Å². The highest BCUT2D eigenvalue weighted by atomic mass is 16.1. The molecule has 0 bridgehead atoms. The number of carbonyl (C=O) groups excluding carboxylic acids is 2. The van der Waals surface area contributed by atoms with Crippen LogP contribution >= 0.6 is 0 Å². The van der Waals surface area contributed by atoms with Gasteiger partial charge in [-0.05, 0) is 12.8 Å². The fourth-order valence-electron chi connectivity index (χ4n) is 0.677. The zero-order valence-electron chi connectivity index (χ0n) is 10.2. The maximum atomic E-state index is 10.8. The molecule has 14 heavy (non-hydrogen) atoms. The van der Waals surface area contributed by atoms with Gasteiger partial charge < -0.3 is 4.79 Å². The monoisotopic (exact) mass is 200 g/mol. The van der Waals surface area contributed by atoms with E-state index in [-0.39, 0.29) is 5.78 Å². The highest BCUT2D eigenvalue weighted by molar-refractivity contribution is 5.78. The van der Waals surface area contributed by atoms with Crippen LogP contribution in [0.4, 0.5) is 0 Å². The van der Waals surface area contributed by atoms with Gasteiger partial charge in [-0.15, -0.1) is 0 Å². The van der Waals surface area contributed by atoms with Crippen molar-refractivity contribution in [3.63, 3.8) is 0 Å². The Morgan fingerprint density at radius 2 is 1.50 bits per heavy atom. The average molecular weight is 200 g/mol. The molecule has 0 N–H and O–H groups in total. The quantitative estimate of drug-likeness (QED) is 0.681. The number of ketones is 2. The molecule has 0 aliphatic heterocycles. The minimum atomic E-state index is 0.255. The van der Waals surface area contributed by atoms with Crippen LogP contribution in [0.5, 0.6) is 0 Å². The summed E-state index contributed by atoms with van der Waals surface area (Å²) in [5.41, 5.74) is 0. The van der Waals surface area contributed by atoms with Crippen molar-refractivity contribution in [2.24, 2.45) is 5.92 Å². The van der Waals surface area contributed by atoms with Gasteiger partial charge in [0.25, 0.3) is 0 Å². The standard InChI is InChI=1S/C8H16O.C4H8O/c1-4-7(3)6-8(9)5-2;1-3-4(2)5/h7H,4-6H2,1-3H3;3H2,1-2H3. The Kier molecular flexibility index (Phi) is 11.8. The van der Waals surface area contributed by atoms with Crippen LogP contribution in [-0.4, -0.2) is 11.6 Å². The number of Topliss-reactive ketones (excluding diaryl/α,β-unsaturated/α-hetero) is 2. The van der Waals surface area contributed by atoms with Crippen molar-refractivity contribution in [2.45, 2.75) is 60.3 Å². The molecular weight excluding hydrogens is 176 g/mol. The normalized spacial score (nSPS) is 11.2. The lowest BCUT2D eigenvalue weighted by Gasteiger charge is -2.03. The van der Waals surface area contributed by atoms with Crippen molar-refractivity contribution in [3.05, 3.63) is 0 Å². The molecule has 0 rings (SSSR count). The van der Waals surface area contributed by atoms with E-state index >= 15 is 0 Å². The van der Waals surface area contributed by atoms with Gasteiger partial charge in [-0.1, -0.05) is 34.1 Å². The second-order valence-corrected chi connectivity index (χ2v) is 3.67. The lowest BCUT2D eigenvalue weighted by atomic mass is 10.0. The molecule has 0 aliphatic rings. The Labute approximate surface area is 88.1 Å². The Bertz CT molecular complexity index is 162. The van der Waals surface area contributed by atoms with E-state index in [9.17, 15) is 9.59 Å². The predicted octanol–water partition coefficient (Wildman–Crippen LogP) is 3.39. The first-order chi connectivity index (χ1) is 6.47. The molecule has 0 spiro atoms. The molecule has 1 atom stereocenters. The molecule has 0 aliphatic carbocycles. The Balaban J connectivity index is 0. The van der Waals surface area contributed by atoms with Gasteiger partial charge in [-0.25, -0.2) is 0 Å². The number of carbonyl (C=O) groups is 2. The smallest absolute Gasteiger partial charge is 0.132 e. The molecular formula is C12H24O2. The van der Waals surface area contributed by atoms with Gasteiger partial charge >= 0.3 is 0 Å². The van der Waals surface area contributed by atoms with Crippen LogP contribution < -0.4 is 0 Å². The second kappa shape index (κ2) is 10.4. The summed E-state index contributed by atoms with van der Waals surface area (Å²) in [5, 5.41) is 0. The van der Waals surface area contributed by atoms with Gasteiger partial charge in [0.05, 0.1) is 0 Å². The van der Waals surface area contributed by atoms with Crippen LogP contribution in [0.3, 0.4) is 0 Å². The summed E-state index contributed by atoms with van der Waals surface area (Å²) in [4.78, 5) is 20.6. The first-order valence-corrected chi connectivity index (χ1v) is 5.48. The molecule has 0 heterocycles. The lowest BCUT2D eigenvalue weighted by Crippen LogP contribution is -2.02. The zero-order chi connectivity index (χ0) is 11.6. The summed E-state index contributed by atoms with van der Waals surface area (Å²) >= 11 is 0. The van der Waals surface area contributed by atoms with Crippen LogP contribution in [0, 0.1) is 5.92 Å². The summed E-state index contributed by atoms with van der Waals surface area (Å²) < 4.78 is 0. The summed E-state index contributed by atoms with van der Waals surface area (Å²) in [5.74, 6) is 1.23. The van der Waals surface area contributed by atoms with E-state index in [1.165, 1.54) is 0 Å². The Morgan fingerprint density at radius 3 is 1.71 bits per heavy atom. The fraction of sp³-hybridized carbons (Fsp3) is 0.833. The van der Waals surface area contributed by atoms with Crippen LogP contribution in [0.2, 0.25) is 0 Å². The molecule has 0 aromatic heterocycles. The SMILES string of the molecule is CCC(=O)CC(C)CC.CCC(C)=O. The maximum Gasteiger partial charge on any atom is 0.132 e. The van der Waals surface area contributed by atoms with E-state index in [4.69, 9.17) is 0 Å². The van der Waals surface area contributed by atoms with Crippen molar-refractivity contribution in [1.82, 2.24) is 0 Å². The molecule has 0 saturated heterocycles. The zero-order valence-corrected chi connectivity index (χ0v) is 10.2. The van der Waals surface area contributed by atoms with Gasteiger partial charge in [0, 0.05) is 19.3 Å². The van der Waals surface area contributed by atoms with Gasteiger partial charge in [0.15, 0.2) is 0 Å². The van der Waals surface area contributed by atoms with E-state index in [0.717, 1.165) is 12.8 Å². The van der Waals surface area contributed by atoms with Crippen LogP contribution in [0.15, 0.2) is 0 Å². The van der Waals surface area contributed by atoms with E-state index < -0.39 is 0 Å². The van der Waals surface area contributed by atoms with Crippen LogP contribution in [-0.2, 0) is 9.59 Å². The minimum Gasteiger partial charge on any atom is -0.300 e. The van der Waals surface area contributed by atoms with Gasteiger partial charge in [0.2, 0.25) is 0 Å². The molecule has 1 unspecified atom stereocenters. The number of hydrogen-bond donors (Lipinski definition) is 0. The molecule has 0 fully saturated rings. The first-order valence-electron chi connectivity index (χ1n) is 5.48. The highest BCUT2D eigenvalue weighted by Gasteiger charge is 2.03. The summed E-state index contributed by atoms with van der Waals surface area (Å²) in [6.07, 6.45) is 3.25. The number of rotatable bonds is 5. The fourth-order valence-corrected chi connectivity index (χ4v) is 0.677. The first kappa shape index (κ1) is 15.8. The van der Waals surface area contributed by atoms with E-state index in [0.29, 0.717) is 24.5 Å². The summed E-state index contributed by atoms with van der Waals surface area (Å²) in [6, 6.07) is 0. The topological polar surface area (TPSA) is 34.1 Å². The van der Waals surface area contributed by atoms with Crippen molar-refractivity contribution in [1.29, 1.82) is 0 Å². The third kappa shape index (κ3) is 13.9. The summed E-state index contributed by atoms with van der Waals surface area (Å²) in [7, 11) is 0. The molecule has 0 aromatic carbocycles.